The maximum atomic E-state index is 14.0. The van der Waals surface area contributed by atoms with Crippen molar-refractivity contribution in [2.45, 2.75) is 39.2 Å². The fraction of sp³-hybridized carbons (Fsp3) is 0.417. The first-order valence-corrected chi connectivity index (χ1v) is 10.8. The van der Waals surface area contributed by atoms with Crippen molar-refractivity contribution in [2.24, 2.45) is 0 Å². The van der Waals surface area contributed by atoms with Crippen molar-refractivity contribution < 1.29 is 27.8 Å². The van der Waals surface area contributed by atoms with Crippen molar-refractivity contribution in [3.8, 4) is 11.5 Å². The maximum Gasteiger partial charge on any atom is 0.260 e. The van der Waals surface area contributed by atoms with Gasteiger partial charge in [0.05, 0.1) is 12.6 Å². The van der Waals surface area contributed by atoms with Crippen molar-refractivity contribution >= 4 is 11.8 Å². The Hall–Kier alpha value is -3.16. The Morgan fingerprint density at radius 3 is 2.47 bits per heavy atom. The molecule has 6 nitrogen and oxygen atoms in total. The summed E-state index contributed by atoms with van der Waals surface area (Å²) in [4.78, 5) is 26.8. The van der Waals surface area contributed by atoms with Crippen LogP contribution in [0, 0.1) is 11.6 Å². The van der Waals surface area contributed by atoms with Crippen molar-refractivity contribution in [3.05, 3.63) is 59.2 Å². The zero-order valence-electron chi connectivity index (χ0n) is 18.3. The summed E-state index contributed by atoms with van der Waals surface area (Å²) < 4.78 is 38.4. The second-order valence-corrected chi connectivity index (χ2v) is 7.69. The third-order valence-electron chi connectivity index (χ3n) is 5.34. The lowest BCUT2D eigenvalue weighted by molar-refractivity contribution is -0.134. The highest BCUT2D eigenvalue weighted by molar-refractivity contribution is 5.95. The number of benzene rings is 2. The average molecular weight is 446 g/mol. The molecule has 2 amide bonds. The SMILES string of the molecule is CCOc1cc(C(=O)NC(C)c2ccc(F)cc2F)ccc1OCC(=O)N1CCCCC1. The summed E-state index contributed by atoms with van der Waals surface area (Å²) in [6.07, 6.45) is 3.13. The molecule has 172 valence electrons. The molecule has 0 aliphatic carbocycles. The number of nitrogens with one attached hydrogen (secondary N) is 1. The molecule has 1 fully saturated rings. The van der Waals surface area contributed by atoms with Crippen LogP contribution in [-0.4, -0.2) is 43.0 Å². The molecule has 0 aromatic heterocycles. The Balaban J connectivity index is 1.67. The van der Waals surface area contributed by atoms with Crippen molar-refractivity contribution in [2.75, 3.05) is 26.3 Å². The molecule has 1 N–H and O–H groups in total. The van der Waals surface area contributed by atoms with E-state index in [1.807, 2.05) is 0 Å². The number of hydrogen-bond donors (Lipinski definition) is 1. The molecule has 1 aliphatic heterocycles. The van der Waals surface area contributed by atoms with E-state index in [0.29, 0.717) is 18.1 Å². The summed E-state index contributed by atoms with van der Waals surface area (Å²) in [7, 11) is 0. The van der Waals surface area contributed by atoms with Crippen LogP contribution in [-0.2, 0) is 4.79 Å². The van der Waals surface area contributed by atoms with Gasteiger partial charge in [0.15, 0.2) is 18.1 Å². The quantitative estimate of drug-likeness (QED) is 0.659. The van der Waals surface area contributed by atoms with Crippen molar-refractivity contribution in [1.82, 2.24) is 10.2 Å². The van der Waals surface area contributed by atoms with Crippen molar-refractivity contribution in [3.63, 3.8) is 0 Å². The minimum absolute atomic E-state index is 0.0795. The Kier molecular flexibility index (Phi) is 8.03. The smallest absolute Gasteiger partial charge is 0.260 e. The number of carbonyl (C=O) groups is 2. The summed E-state index contributed by atoms with van der Waals surface area (Å²) in [5.41, 5.74) is 0.471. The predicted molar refractivity (Wildman–Crippen MR) is 116 cm³/mol. The molecule has 1 heterocycles. The molecule has 0 radical (unpaired) electrons. The van der Waals surface area contributed by atoms with Gasteiger partial charge in [0.2, 0.25) is 0 Å². The largest absolute Gasteiger partial charge is 0.490 e. The number of carbonyl (C=O) groups excluding carboxylic acids is 2. The summed E-state index contributed by atoms with van der Waals surface area (Å²) in [6.45, 7) is 5.14. The molecule has 32 heavy (non-hydrogen) atoms. The third-order valence-corrected chi connectivity index (χ3v) is 5.34. The molecule has 0 saturated carbocycles. The van der Waals surface area contributed by atoms with Crippen LogP contribution in [0.25, 0.3) is 0 Å². The van der Waals surface area contributed by atoms with E-state index in [2.05, 4.69) is 5.32 Å². The number of piperidine rings is 1. The lowest BCUT2D eigenvalue weighted by Crippen LogP contribution is -2.38. The van der Waals surface area contributed by atoms with E-state index in [1.165, 1.54) is 12.1 Å². The van der Waals surface area contributed by atoms with Gasteiger partial charge < -0.3 is 19.7 Å². The van der Waals surface area contributed by atoms with Gasteiger partial charge in [0.25, 0.3) is 11.8 Å². The lowest BCUT2D eigenvalue weighted by atomic mass is 10.1. The zero-order valence-corrected chi connectivity index (χ0v) is 18.3. The standard InChI is InChI=1S/C24H28F2N2O4/c1-3-31-22-13-17(24(30)27-16(2)19-9-8-18(25)14-20(19)26)7-10-21(22)32-15-23(29)28-11-5-4-6-12-28/h7-10,13-14,16H,3-6,11-12,15H2,1-2H3,(H,27,30). The van der Waals surface area contributed by atoms with E-state index in [0.717, 1.165) is 44.5 Å². The monoisotopic (exact) mass is 446 g/mol. The van der Waals surface area contributed by atoms with Crippen molar-refractivity contribution in [1.29, 1.82) is 0 Å². The Bertz CT molecular complexity index is 961. The number of hydrogen-bond acceptors (Lipinski definition) is 4. The lowest BCUT2D eigenvalue weighted by Gasteiger charge is -2.26. The van der Waals surface area contributed by atoms with E-state index < -0.39 is 23.6 Å². The van der Waals surface area contributed by atoms with Crippen LogP contribution in [0.3, 0.4) is 0 Å². The van der Waals surface area contributed by atoms with Gasteiger partial charge in [0, 0.05) is 30.3 Å². The predicted octanol–water partition coefficient (Wildman–Crippen LogP) is 4.25. The molecule has 1 aliphatic rings. The molecule has 2 aromatic carbocycles. The summed E-state index contributed by atoms with van der Waals surface area (Å²) in [5, 5.41) is 2.70. The van der Waals surface area contributed by atoms with Gasteiger partial charge in [-0.1, -0.05) is 6.07 Å². The van der Waals surface area contributed by atoms with Gasteiger partial charge in [-0.2, -0.15) is 0 Å². The summed E-state index contributed by atoms with van der Waals surface area (Å²) >= 11 is 0. The fourth-order valence-electron chi connectivity index (χ4n) is 3.62. The second-order valence-electron chi connectivity index (χ2n) is 7.69. The van der Waals surface area contributed by atoms with E-state index >= 15 is 0 Å². The van der Waals surface area contributed by atoms with Gasteiger partial charge in [-0.3, -0.25) is 9.59 Å². The minimum Gasteiger partial charge on any atom is -0.490 e. The highest BCUT2D eigenvalue weighted by Gasteiger charge is 2.20. The van der Waals surface area contributed by atoms with Crippen LogP contribution in [0.15, 0.2) is 36.4 Å². The molecular weight excluding hydrogens is 418 g/mol. The minimum atomic E-state index is -0.727. The topological polar surface area (TPSA) is 67.9 Å². The molecule has 0 bridgehead atoms. The van der Waals surface area contributed by atoms with E-state index in [4.69, 9.17) is 9.47 Å². The number of halogens is 2. The number of nitrogens with zero attached hydrogens (tertiary/aromatic N) is 1. The van der Waals surface area contributed by atoms with Gasteiger partial charge in [-0.05, 0) is 57.4 Å². The fourth-order valence-corrected chi connectivity index (χ4v) is 3.62. The van der Waals surface area contributed by atoms with Crippen LogP contribution in [0.1, 0.15) is 55.1 Å². The Labute approximate surface area is 186 Å². The van der Waals surface area contributed by atoms with Crippen LogP contribution >= 0.6 is 0 Å². The van der Waals surface area contributed by atoms with Crippen LogP contribution < -0.4 is 14.8 Å². The zero-order chi connectivity index (χ0) is 23.1. The highest BCUT2D eigenvalue weighted by atomic mass is 19.1. The first-order valence-electron chi connectivity index (χ1n) is 10.8. The number of ether oxygens (including phenoxy) is 2. The summed E-state index contributed by atoms with van der Waals surface area (Å²) in [5.74, 6) is -1.23. The molecule has 2 aromatic rings. The van der Waals surface area contributed by atoms with Gasteiger partial charge >= 0.3 is 0 Å². The third kappa shape index (κ3) is 5.96. The number of rotatable bonds is 8. The summed E-state index contributed by atoms with van der Waals surface area (Å²) in [6, 6.07) is 7.20. The van der Waals surface area contributed by atoms with Crippen LogP contribution in [0.5, 0.6) is 11.5 Å². The normalized spacial score (nSPS) is 14.6. The molecule has 0 spiro atoms. The molecule has 1 atom stereocenters. The average Bonchev–Trinajstić information content (AvgIpc) is 2.78. The molecule has 1 unspecified atom stereocenters. The first-order chi connectivity index (χ1) is 15.4. The molecule has 1 saturated heterocycles. The van der Waals surface area contributed by atoms with Crippen LogP contribution in [0.2, 0.25) is 0 Å². The first kappa shape index (κ1) is 23.5. The molecule has 8 heteroatoms. The van der Waals surface area contributed by atoms with E-state index in [9.17, 15) is 18.4 Å². The van der Waals surface area contributed by atoms with Gasteiger partial charge in [-0.15, -0.1) is 0 Å². The number of likely N-dealkylation sites (tertiary alicyclic amines) is 1. The highest BCUT2D eigenvalue weighted by Crippen LogP contribution is 2.29. The maximum absolute atomic E-state index is 14.0. The molecule has 3 rings (SSSR count). The molecular formula is C24H28F2N2O4. The number of amides is 2. The van der Waals surface area contributed by atoms with E-state index in [1.54, 1.807) is 30.9 Å². The van der Waals surface area contributed by atoms with E-state index in [-0.39, 0.29) is 23.6 Å². The van der Waals surface area contributed by atoms with Crippen LogP contribution in [0.4, 0.5) is 8.78 Å². The Morgan fingerprint density at radius 1 is 1.03 bits per heavy atom. The van der Waals surface area contributed by atoms with Gasteiger partial charge in [-0.25, -0.2) is 8.78 Å². The van der Waals surface area contributed by atoms with Gasteiger partial charge in [0.1, 0.15) is 11.6 Å². The Morgan fingerprint density at radius 2 is 1.78 bits per heavy atom. The second kappa shape index (κ2) is 10.9.